The molecule has 78 valence electrons. The molecule has 3 heterocycles. The van der Waals surface area contributed by atoms with Gasteiger partial charge in [-0.15, -0.1) is 22.7 Å². The van der Waals surface area contributed by atoms with Crippen LogP contribution in [-0.2, 0) is 6.42 Å². The Balaban J connectivity index is 2.07. The van der Waals surface area contributed by atoms with Crippen molar-refractivity contribution in [2.45, 2.75) is 12.5 Å². The second kappa shape index (κ2) is 3.87. The SMILES string of the molecule is Clc1ncsc1C1NCCc2ccsc21. The van der Waals surface area contributed by atoms with Crippen molar-refractivity contribution in [3.8, 4) is 0 Å². The highest BCUT2D eigenvalue weighted by molar-refractivity contribution is 7.12. The first-order valence-corrected chi connectivity index (χ1v) is 6.88. The number of rotatable bonds is 1. The fourth-order valence-corrected chi connectivity index (χ4v) is 4.11. The smallest absolute Gasteiger partial charge is 0.145 e. The largest absolute Gasteiger partial charge is 0.304 e. The van der Waals surface area contributed by atoms with E-state index < -0.39 is 0 Å². The molecular formula is C10H9ClN2S2. The molecule has 1 N–H and O–H groups in total. The molecule has 5 heteroatoms. The monoisotopic (exact) mass is 256 g/mol. The maximum absolute atomic E-state index is 6.07. The minimum atomic E-state index is 0.258. The van der Waals surface area contributed by atoms with Crippen molar-refractivity contribution < 1.29 is 0 Å². The van der Waals surface area contributed by atoms with Crippen LogP contribution in [0.5, 0.6) is 0 Å². The molecule has 2 aromatic heterocycles. The molecule has 1 atom stereocenters. The fraction of sp³-hybridized carbons (Fsp3) is 0.300. The predicted octanol–water partition coefficient (Wildman–Crippen LogP) is 3.09. The van der Waals surface area contributed by atoms with Gasteiger partial charge in [-0.3, -0.25) is 0 Å². The van der Waals surface area contributed by atoms with Gasteiger partial charge in [-0.25, -0.2) is 4.98 Å². The molecule has 2 nitrogen and oxygen atoms in total. The molecule has 0 amide bonds. The molecule has 0 spiro atoms. The second-order valence-electron chi connectivity index (χ2n) is 3.45. The van der Waals surface area contributed by atoms with E-state index in [-0.39, 0.29) is 6.04 Å². The van der Waals surface area contributed by atoms with Crippen molar-refractivity contribution in [1.82, 2.24) is 10.3 Å². The van der Waals surface area contributed by atoms with E-state index in [1.54, 1.807) is 28.2 Å². The molecule has 2 aromatic rings. The van der Waals surface area contributed by atoms with Gasteiger partial charge < -0.3 is 5.32 Å². The highest BCUT2D eigenvalue weighted by atomic mass is 35.5. The molecule has 1 aliphatic rings. The number of aromatic nitrogens is 1. The summed E-state index contributed by atoms with van der Waals surface area (Å²) in [6, 6.07) is 2.47. The summed E-state index contributed by atoms with van der Waals surface area (Å²) in [6.45, 7) is 1.02. The summed E-state index contributed by atoms with van der Waals surface area (Å²) in [5.41, 5.74) is 3.26. The zero-order valence-electron chi connectivity index (χ0n) is 7.87. The third kappa shape index (κ3) is 1.61. The summed E-state index contributed by atoms with van der Waals surface area (Å²) >= 11 is 9.49. The van der Waals surface area contributed by atoms with Crippen LogP contribution in [0.2, 0.25) is 5.15 Å². The molecule has 0 bridgehead atoms. The summed E-state index contributed by atoms with van der Waals surface area (Å²) in [6.07, 6.45) is 1.12. The summed E-state index contributed by atoms with van der Waals surface area (Å²) in [4.78, 5) is 6.63. The molecule has 0 saturated carbocycles. The van der Waals surface area contributed by atoms with Gasteiger partial charge in [0.15, 0.2) is 0 Å². The van der Waals surface area contributed by atoms with Crippen LogP contribution in [0.25, 0.3) is 0 Å². The van der Waals surface area contributed by atoms with Crippen LogP contribution >= 0.6 is 34.3 Å². The van der Waals surface area contributed by atoms with Gasteiger partial charge in [0.1, 0.15) is 5.15 Å². The van der Waals surface area contributed by atoms with Crippen molar-refractivity contribution in [1.29, 1.82) is 0 Å². The van der Waals surface area contributed by atoms with Gasteiger partial charge in [-0.05, 0) is 23.4 Å². The lowest BCUT2D eigenvalue weighted by atomic mass is 10.0. The molecule has 0 radical (unpaired) electrons. The first kappa shape index (κ1) is 9.78. The van der Waals surface area contributed by atoms with E-state index >= 15 is 0 Å². The lowest BCUT2D eigenvalue weighted by Gasteiger charge is -2.22. The molecule has 1 aliphatic heterocycles. The molecule has 0 saturated heterocycles. The van der Waals surface area contributed by atoms with Gasteiger partial charge in [0.2, 0.25) is 0 Å². The maximum Gasteiger partial charge on any atom is 0.145 e. The Morgan fingerprint density at radius 1 is 1.40 bits per heavy atom. The topological polar surface area (TPSA) is 24.9 Å². The molecule has 0 aromatic carbocycles. The molecule has 15 heavy (non-hydrogen) atoms. The Labute approximate surface area is 101 Å². The third-order valence-electron chi connectivity index (χ3n) is 2.60. The van der Waals surface area contributed by atoms with Crippen molar-refractivity contribution in [2.24, 2.45) is 0 Å². The van der Waals surface area contributed by atoms with Gasteiger partial charge >= 0.3 is 0 Å². The highest BCUT2D eigenvalue weighted by Gasteiger charge is 2.25. The lowest BCUT2D eigenvalue weighted by Crippen LogP contribution is -2.28. The Hall–Kier alpha value is -0.420. The molecule has 3 rings (SSSR count). The number of thiophene rings is 1. The Bertz CT molecular complexity index is 477. The predicted molar refractivity (Wildman–Crippen MR) is 65.0 cm³/mol. The van der Waals surface area contributed by atoms with Gasteiger partial charge in [0, 0.05) is 11.4 Å². The van der Waals surface area contributed by atoms with Gasteiger partial charge in [0.25, 0.3) is 0 Å². The summed E-state index contributed by atoms with van der Waals surface area (Å²) in [5, 5.41) is 6.29. The van der Waals surface area contributed by atoms with E-state index in [1.807, 2.05) is 0 Å². The van der Waals surface area contributed by atoms with E-state index in [1.165, 1.54) is 10.4 Å². The maximum atomic E-state index is 6.07. The average molecular weight is 257 g/mol. The Kier molecular flexibility index (Phi) is 2.52. The zero-order chi connectivity index (χ0) is 10.3. The minimum Gasteiger partial charge on any atom is -0.304 e. The third-order valence-corrected chi connectivity index (χ3v) is 4.93. The van der Waals surface area contributed by atoms with Crippen LogP contribution in [0.15, 0.2) is 17.0 Å². The van der Waals surface area contributed by atoms with E-state index in [0.717, 1.165) is 17.8 Å². The van der Waals surface area contributed by atoms with Gasteiger partial charge in [-0.1, -0.05) is 11.6 Å². The van der Waals surface area contributed by atoms with Gasteiger partial charge in [-0.2, -0.15) is 0 Å². The minimum absolute atomic E-state index is 0.258. The van der Waals surface area contributed by atoms with Crippen LogP contribution in [0.1, 0.15) is 21.4 Å². The van der Waals surface area contributed by atoms with E-state index in [0.29, 0.717) is 5.15 Å². The number of hydrogen-bond donors (Lipinski definition) is 1. The quantitative estimate of drug-likeness (QED) is 0.848. The van der Waals surface area contributed by atoms with Crippen molar-refractivity contribution in [3.63, 3.8) is 0 Å². The number of nitrogens with one attached hydrogen (secondary N) is 1. The standard InChI is InChI=1S/C10H9ClN2S2/c11-10-9(15-5-13-10)7-8-6(1-3-12-7)2-4-14-8/h2,4-5,7,12H,1,3H2. The van der Waals surface area contributed by atoms with Crippen molar-refractivity contribution in [3.05, 3.63) is 37.4 Å². The number of fused-ring (bicyclic) bond motifs is 1. The van der Waals surface area contributed by atoms with Crippen molar-refractivity contribution >= 4 is 34.3 Å². The summed E-state index contributed by atoms with van der Waals surface area (Å²) in [5.74, 6) is 0. The van der Waals surface area contributed by atoms with E-state index in [9.17, 15) is 0 Å². The highest BCUT2D eigenvalue weighted by Crippen LogP contribution is 2.37. The summed E-state index contributed by atoms with van der Waals surface area (Å²) < 4.78 is 0. The van der Waals surface area contributed by atoms with Crippen molar-refractivity contribution in [2.75, 3.05) is 6.54 Å². The number of hydrogen-bond acceptors (Lipinski definition) is 4. The van der Waals surface area contributed by atoms with E-state index in [2.05, 4.69) is 21.7 Å². The first-order valence-electron chi connectivity index (χ1n) is 4.75. The number of halogens is 1. The van der Waals surface area contributed by atoms with Crippen LogP contribution in [-0.4, -0.2) is 11.5 Å². The van der Waals surface area contributed by atoms with Gasteiger partial charge in [0.05, 0.1) is 16.4 Å². The Morgan fingerprint density at radius 2 is 2.33 bits per heavy atom. The van der Waals surface area contributed by atoms with Crippen LogP contribution < -0.4 is 5.32 Å². The second-order valence-corrected chi connectivity index (χ2v) is 5.65. The number of thiazole rings is 1. The van der Waals surface area contributed by atoms with E-state index in [4.69, 9.17) is 11.6 Å². The molecule has 1 unspecified atom stereocenters. The fourth-order valence-electron chi connectivity index (χ4n) is 1.89. The zero-order valence-corrected chi connectivity index (χ0v) is 10.3. The van der Waals surface area contributed by atoms with Crippen LogP contribution in [0.4, 0.5) is 0 Å². The van der Waals surface area contributed by atoms with Crippen LogP contribution in [0, 0.1) is 0 Å². The number of nitrogens with zero attached hydrogens (tertiary/aromatic N) is 1. The average Bonchev–Trinajstić information content (AvgIpc) is 2.85. The molecule has 0 fully saturated rings. The Morgan fingerprint density at radius 3 is 3.13 bits per heavy atom. The molecular weight excluding hydrogens is 248 g/mol. The first-order chi connectivity index (χ1) is 7.36. The van der Waals surface area contributed by atoms with Crippen LogP contribution in [0.3, 0.4) is 0 Å². The normalized spacial score (nSPS) is 20.2. The lowest BCUT2D eigenvalue weighted by molar-refractivity contribution is 0.585. The summed E-state index contributed by atoms with van der Waals surface area (Å²) in [7, 11) is 0. The molecule has 0 aliphatic carbocycles.